The summed E-state index contributed by atoms with van der Waals surface area (Å²) in [6.45, 7) is 8.25. The van der Waals surface area contributed by atoms with Crippen molar-refractivity contribution in [3.63, 3.8) is 0 Å². The van der Waals surface area contributed by atoms with E-state index in [1.807, 2.05) is 19.9 Å². The topological polar surface area (TPSA) is 96.6 Å². The molecule has 0 radical (unpaired) electrons. The Morgan fingerprint density at radius 3 is 2.61 bits per heavy atom. The van der Waals surface area contributed by atoms with Crippen molar-refractivity contribution in [3.8, 4) is 0 Å². The first kappa shape index (κ1) is 24.8. The third-order valence-electron chi connectivity index (χ3n) is 7.89. The summed E-state index contributed by atoms with van der Waals surface area (Å²) in [5.74, 6) is -0.669. The molecule has 1 unspecified atom stereocenters. The lowest BCUT2D eigenvalue weighted by Gasteiger charge is -2.36. The van der Waals surface area contributed by atoms with Gasteiger partial charge in [-0.3, -0.25) is 4.90 Å². The van der Waals surface area contributed by atoms with Gasteiger partial charge in [0.15, 0.2) is 11.6 Å². The van der Waals surface area contributed by atoms with E-state index in [-0.39, 0.29) is 41.7 Å². The first-order valence-electron chi connectivity index (χ1n) is 12.6. The summed E-state index contributed by atoms with van der Waals surface area (Å²) in [4.78, 5) is 24.4. The third-order valence-corrected chi connectivity index (χ3v) is 7.89. The molecule has 0 spiro atoms. The number of likely N-dealkylation sites (tertiary alicyclic amines) is 1. The third kappa shape index (κ3) is 4.88. The summed E-state index contributed by atoms with van der Waals surface area (Å²) >= 11 is 0. The zero-order valence-corrected chi connectivity index (χ0v) is 21.1. The van der Waals surface area contributed by atoms with Crippen LogP contribution in [0, 0.1) is 17.6 Å². The number of halogens is 2. The highest BCUT2D eigenvalue weighted by molar-refractivity contribution is 5.90. The van der Waals surface area contributed by atoms with Gasteiger partial charge in [0.05, 0.1) is 17.8 Å². The fourth-order valence-electron chi connectivity index (χ4n) is 5.17. The highest BCUT2D eigenvalue weighted by Gasteiger charge is 2.55. The maximum Gasteiger partial charge on any atom is 0.416 e. The molecule has 2 aromatic rings. The molecule has 10 heteroatoms. The highest BCUT2D eigenvalue weighted by Crippen LogP contribution is 2.47. The number of rotatable bonds is 7. The monoisotopic (exact) mass is 500 g/mol. The number of hydrogen-bond acceptors (Lipinski definition) is 7. The van der Waals surface area contributed by atoms with E-state index in [4.69, 9.17) is 10.5 Å². The SMILES string of the molecule is C[C@H](Nc1ncc(F)c(N2C(=O)OCC2(C)C2CC2)n1)c1ccc(CN2CCC(C)(N)CC2)c(F)c1. The summed E-state index contributed by atoms with van der Waals surface area (Å²) in [7, 11) is 0. The van der Waals surface area contributed by atoms with Crippen molar-refractivity contribution in [1.29, 1.82) is 0 Å². The number of carbonyl (C=O) groups excluding carboxylic acids is 1. The number of piperidine rings is 1. The number of aromatic nitrogens is 2. The number of amides is 1. The summed E-state index contributed by atoms with van der Waals surface area (Å²) in [6, 6.07) is 4.84. The Hall–Kier alpha value is -2.85. The minimum Gasteiger partial charge on any atom is -0.447 e. The number of hydrogen-bond donors (Lipinski definition) is 2. The standard InChI is InChI=1S/C26H34F2N6O2/c1-16(17-4-5-18(20(27)12-17)14-33-10-8-25(2,29)9-11-33)31-23-30-13-21(28)22(32-23)34-24(35)36-15-26(34,3)19-6-7-19/h4-5,12-13,16,19H,6-11,14-15,29H2,1-3H3,(H,30,31,32)/t16-,26?/m0/s1. The van der Waals surface area contributed by atoms with Crippen molar-refractivity contribution in [2.24, 2.45) is 11.7 Å². The van der Waals surface area contributed by atoms with Crippen LogP contribution in [0.5, 0.6) is 0 Å². The predicted molar refractivity (Wildman–Crippen MR) is 132 cm³/mol. The van der Waals surface area contributed by atoms with Crippen LogP contribution in [-0.2, 0) is 11.3 Å². The molecule has 5 rings (SSSR count). The minimum atomic E-state index is -0.693. The van der Waals surface area contributed by atoms with E-state index in [2.05, 4.69) is 27.1 Å². The van der Waals surface area contributed by atoms with Gasteiger partial charge in [-0.15, -0.1) is 0 Å². The lowest BCUT2D eigenvalue weighted by Crippen LogP contribution is -2.47. The average molecular weight is 501 g/mol. The van der Waals surface area contributed by atoms with Crippen molar-refractivity contribution < 1.29 is 18.3 Å². The second-order valence-electron chi connectivity index (χ2n) is 11.0. The van der Waals surface area contributed by atoms with E-state index >= 15 is 0 Å². The molecule has 8 nitrogen and oxygen atoms in total. The average Bonchev–Trinajstić information content (AvgIpc) is 3.64. The molecule has 1 aliphatic carbocycles. The van der Waals surface area contributed by atoms with Crippen molar-refractivity contribution in [1.82, 2.24) is 14.9 Å². The van der Waals surface area contributed by atoms with Crippen LogP contribution in [0.1, 0.15) is 63.6 Å². The fourth-order valence-corrected chi connectivity index (χ4v) is 5.17. The molecule has 3 N–H and O–H groups in total. The lowest BCUT2D eigenvalue weighted by molar-refractivity contribution is 0.163. The van der Waals surface area contributed by atoms with E-state index in [0.29, 0.717) is 17.7 Å². The fraction of sp³-hybridized carbons (Fsp3) is 0.577. The van der Waals surface area contributed by atoms with Crippen LogP contribution in [0.25, 0.3) is 0 Å². The molecule has 0 bridgehead atoms. The van der Waals surface area contributed by atoms with Crippen LogP contribution in [0.4, 0.5) is 25.3 Å². The van der Waals surface area contributed by atoms with Crippen LogP contribution >= 0.6 is 0 Å². The maximum absolute atomic E-state index is 15.0. The second-order valence-corrected chi connectivity index (χ2v) is 11.0. The number of ether oxygens (including phenoxy) is 1. The van der Waals surface area contributed by atoms with Crippen LogP contribution in [-0.4, -0.2) is 51.7 Å². The molecule has 1 saturated carbocycles. The number of anilines is 2. The normalized spacial score (nSPS) is 25.1. The van der Waals surface area contributed by atoms with E-state index in [9.17, 15) is 13.6 Å². The number of benzene rings is 1. The maximum atomic E-state index is 15.0. The molecule has 2 aliphatic heterocycles. The first-order valence-corrected chi connectivity index (χ1v) is 12.6. The summed E-state index contributed by atoms with van der Waals surface area (Å²) in [5.41, 5.74) is 6.77. The zero-order chi connectivity index (χ0) is 25.7. The Labute approximate surface area is 210 Å². The zero-order valence-electron chi connectivity index (χ0n) is 21.1. The first-order chi connectivity index (χ1) is 17.1. The number of nitrogens with two attached hydrogens (primary N) is 1. The molecule has 3 heterocycles. The minimum absolute atomic E-state index is 0.103. The highest BCUT2D eigenvalue weighted by atomic mass is 19.1. The van der Waals surface area contributed by atoms with E-state index < -0.39 is 17.4 Å². The van der Waals surface area contributed by atoms with Gasteiger partial charge in [0.1, 0.15) is 12.4 Å². The summed E-state index contributed by atoms with van der Waals surface area (Å²) in [5, 5.41) is 3.11. The van der Waals surface area contributed by atoms with Gasteiger partial charge in [-0.2, -0.15) is 4.98 Å². The van der Waals surface area contributed by atoms with Crippen molar-refractivity contribution in [2.45, 2.75) is 70.1 Å². The Morgan fingerprint density at radius 1 is 1.22 bits per heavy atom. The van der Waals surface area contributed by atoms with Crippen molar-refractivity contribution in [3.05, 3.63) is 47.2 Å². The Bertz CT molecular complexity index is 1150. The number of carbonyl (C=O) groups is 1. The van der Waals surface area contributed by atoms with Crippen LogP contribution in [0.15, 0.2) is 24.4 Å². The summed E-state index contributed by atoms with van der Waals surface area (Å²) in [6.07, 6.45) is 4.15. The molecule has 3 fully saturated rings. The van der Waals surface area contributed by atoms with Gasteiger partial charge in [0, 0.05) is 30.7 Å². The smallest absolute Gasteiger partial charge is 0.416 e. The molecule has 1 amide bonds. The van der Waals surface area contributed by atoms with Crippen molar-refractivity contribution in [2.75, 3.05) is 29.9 Å². The van der Waals surface area contributed by atoms with E-state index in [1.165, 1.54) is 11.0 Å². The van der Waals surface area contributed by atoms with Crippen molar-refractivity contribution >= 4 is 17.9 Å². The Balaban J connectivity index is 1.29. The molecule has 194 valence electrons. The second kappa shape index (κ2) is 9.23. The predicted octanol–water partition coefficient (Wildman–Crippen LogP) is 4.37. The van der Waals surface area contributed by atoms with Gasteiger partial charge in [0.2, 0.25) is 5.95 Å². The number of nitrogens with zero attached hydrogens (tertiary/aromatic N) is 4. The molecule has 3 aliphatic rings. The van der Waals surface area contributed by atoms with E-state index in [0.717, 1.165) is 45.0 Å². The largest absolute Gasteiger partial charge is 0.447 e. The lowest BCUT2D eigenvalue weighted by atomic mass is 9.91. The molecule has 1 aromatic carbocycles. The molecule has 1 aromatic heterocycles. The molecule has 2 atom stereocenters. The van der Waals surface area contributed by atoms with Gasteiger partial charge >= 0.3 is 6.09 Å². The Morgan fingerprint density at radius 2 is 1.94 bits per heavy atom. The van der Waals surface area contributed by atoms with Gasteiger partial charge in [-0.05, 0) is 64.0 Å². The summed E-state index contributed by atoms with van der Waals surface area (Å²) < 4.78 is 35.0. The number of nitrogens with one attached hydrogen (secondary N) is 1. The van der Waals surface area contributed by atoms with Gasteiger partial charge in [-0.1, -0.05) is 12.1 Å². The molecular weight excluding hydrogens is 466 g/mol. The molecule has 2 saturated heterocycles. The van der Waals surface area contributed by atoms with Crippen LogP contribution in [0.3, 0.4) is 0 Å². The molecular formula is C26H34F2N6O2. The van der Waals surface area contributed by atoms with Crippen LogP contribution in [0.2, 0.25) is 0 Å². The van der Waals surface area contributed by atoms with E-state index in [1.54, 1.807) is 6.07 Å². The Kier molecular flexibility index (Phi) is 6.36. The van der Waals surface area contributed by atoms with Crippen LogP contribution < -0.4 is 16.0 Å². The van der Waals surface area contributed by atoms with Gasteiger partial charge in [0.25, 0.3) is 0 Å². The van der Waals surface area contributed by atoms with Gasteiger partial charge < -0.3 is 15.8 Å². The molecule has 36 heavy (non-hydrogen) atoms. The number of cyclic esters (lactones) is 1. The quantitative estimate of drug-likeness (QED) is 0.583. The van der Waals surface area contributed by atoms with Gasteiger partial charge in [-0.25, -0.2) is 23.5 Å².